The Kier molecular flexibility index (Phi) is 8.05. The molecule has 0 aliphatic rings. The zero-order valence-corrected chi connectivity index (χ0v) is 21.2. The second-order valence-corrected chi connectivity index (χ2v) is 10.5. The molecule has 0 radical (unpaired) electrons. The van der Waals surface area contributed by atoms with Crippen LogP contribution in [0.1, 0.15) is 11.1 Å². The van der Waals surface area contributed by atoms with Gasteiger partial charge in [0.25, 0.3) is 0 Å². The van der Waals surface area contributed by atoms with Crippen LogP contribution in [-0.2, 0) is 21.4 Å². The number of sulfonamides is 1. The van der Waals surface area contributed by atoms with Gasteiger partial charge in [-0.2, -0.15) is 4.31 Å². The third kappa shape index (κ3) is 6.31. The van der Waals surface area contributed by atoms with Gasteiger partial charge < -0.3 is 10.1 Å². The minimum Gasteiger partial charge on any atom is -0.455 e. The average molecular weight is 521 g/mol. The molecule has 4 rings (SSSR count). The molecule has 0 aliphatic carbocycles. The SMILES string of the molecule is Cc1ccccc1CN(CC(=O)Nc1ccccc1Oc1ccccc1)S(=O)(=O)c1ccc(Cl)cc1. The molecule has 0 saturated carbocycles. The number of anilines is 1. The van der Waals surface area contributed by atoms with Crippen LogP contribution in [0, 0.1) is 6.92 Å². The van der Waals surface area contributed by atoms with E-state index in [9.17, 15) is 13.2 Å². The minimum absolute atomic E-state index is 0.0349. The van der Waals surface area contributed by atoms with E-state index in [1.165, 1.54) is 24.3 Å². The predicted octanol–water partition coefficient (Wildman–Crippen LogP) is 6.27. The first-order valence-corrected chi connectivity index (χ1v) is 13.1. The lowest BCUT2D eigenvalue weighted by Crippen LogP contribution is -2.37. The molecule has 8 heteroatoms. The Morgan fingerprint density at radius 3 is 2.22 bits per heavy atom. The summed E-state index contributed by atoms with van der Waals surface area (Å²) in [7, 11) is -4.00. The summed E-state index contributed by atoms with van der Waals surface area (Å²) in [5.74, 6) is 0.569. The number of rotatable bonds is 9. The molecule has 1 N–H and O–H groups in total. The third-order valence-electron chi connectivity index (χ3n) is 5.51. The lowest BCUT2D eigenvalue weighted by atomic mass is 10.1. The summed E-state index contributed by atoms with van der Waals surface area (Å²) in [5, 5.41) is 3.23. The van der Waals surface area contributed by atoms with Crippen LogP contribution < -0.4 is 10.1 Å². The number of carbonyl (C=O) groups excluding carboxylic acids is 1. The van der Waals surface area contributed by atoms with Gasteiger partial charge in [-0.3, -0.25) is 4.79 Å². The van der Waals surface area contributed by atoms with Crippen LogP contribution in [0.3, 0.4) is 0 Å². The fourth-order valence-electron chi connectivity index (χ4n) is 3.58. The van der Waals surface area contributed by atoms with Crippen molar-refractivity contribution in [1.29, 1.82) is 0 Å². The number of para-hydroxylation sites is 3. The monoisotopic (exact) mass is 520 g/mol. The normalized spacial score (nSPS) is 11.3. The summed E-state index contributed by atoms with van der Waals surface area (Å²) in [6.45, 7) is 1.55. The van der Waals surface area contributed by atoms with Crippen molar-refractivity contribution >= 4 is 33.2 Å². The topological polar surface area (TPSA) is 75.7 Å². The summed E-state index contributed by atoms with van der Waals surface area (Å²) < 4.78 is 34.1. The first kappa shape index (κ1) is 25.4. The molecule has 0 atom stereocenters. The molecular weight excluding hydrogens is 496 g/mol. The Morgan fingerprint density at radius 1 is 0.861 bits per heavy atom. The van der Waals surface area contributed by atoms with Gasteiger partial charge in [0, 0.05) is 11.6 Å². The number of nitrogens with one attached hydrogen (secondary N) is 1. The second-order valence-electron chi connectivity index (χ2n) is 8.11. The summed E-state index contributed by atoms with van der Waals surface area (Å²) in [4.78, 5) is 13.2. The van der Waals surface area contributed by atoms with Gasteiger partial charge in [-0.05, 0) is 66.6 Å². The number of hydrogen-bond acceptors (Lipinski definition) is 4. The van der Waals surface area contributed by atoms with Crippen LogP contribution in [0.25, 0.3) is 0 Å². The van der Waals surface area contributed by atoms with Gasteiger partial charge >= 0.3 is 0 Å². The molecule has 0 aromatic heterocycles. The largest absolute Gasteiger partial charge is 0.455 e. The van der Waals surface area contributed by atoms with E-state index in [-0.39, 0.29) is 18.0 Å². The number of ether oxygens (including phenoxy) is 1. The molecule has 0 unspecified atom stereocenters. The highest BCUT2D eigenvalue weighted by Gasteiger charge is 2.27. The van der Waals surface area contributed by atoms with Crippen molar-refractivity contribution in [3.05, 3.63) is 119 Å². The highest BCUT2D eigenvalue weighted by atomic mass is 35.5. The van der Waals surface area contributed by atoms with Crippen molar-refractivity contribution < 1.29 is 17.9 Å². The van der Waals surface area contributed by atoms with Crippen molar-refractivity contribution in [2.75, 3.05) is 11.9 Å². The van der Waals surface area contributed by atoms with E-state index >= 15 is 0 Å². The van der Waals surface area contributed by atoms with Crippen molar-refractivity contribution in [2.24, 2.45) is 0 Å². The molecule has 4 aromatic carbocycles. The van der Waals surface area contributed by atoms with Crippen LogP contribution in [0.2, 0.25) is 5.02 Å². The molecule has 0 fully saturated rings. The van der Waals surface area contributed by atoms with Crippen molar-refractivity contribution in [3.63, 3.8) is 0 Å². The molecule has 4 aromatic rings. The van der Waals surface area contributed by atoms with Gasteiger partial charge in [0.05, 0.1) is 17.1 Å². The number of nitrogens with zero attached hydrogens (tertiary/aromatic N) is 1. The van der Waals surface area contributed by atoms with E-state index in [1.807, 2.05) is 49.4 Å². The second kappa shape index (κ2) is 11.4. The van der Waals surface area contributed by atoms with Crippen molar-refractivity contribution in [1.82, 2.24) is 4.31 Å². The van der Waals surface area contributed by atoms with Gasteiger partial charge in [-0.15, -0.1) is 0 Å². The maximum atomic E-state index is 13.5. The highest BCUT2D eigenvalue weighted by Crippen LogP contribution is 2.29. The van der Waals surface area contributed by atoms with Crippen molar-refractivity contribution in [3.8, 4) is 11.5 Å². The van der Waals surface area contributed by atoms with Gasteiger partial charge in [0.15, 0.2) is 5.75 Å². The molecule has 184 valence electrons. The fraction of sp³-hybridized carbons (Fsp3) is 0.107. The van der Waals surface area contributed by atoms with E-state index in [0.717, 1.165) is 15.4 Å². The summed E-state index contributed by atoms with van der Waals surface area (Å²) in [5.41, 5.74) is 2.16. The Hall–Kier alpha value is -3.65. The van der Waals surface area contributed by atoms with Crippen molar-refractivity contribution in [2.45, 2.75) is 18.4 Å². The van der Waals surface area contributed by atoms with Crippen LogP contribution >= 0.6 is 11.6 Å². The molecule has 0 spiro atoms. The number of carbonyl (C=O) groups is 1. The van der Waals surface area contributed by atoms with Crippen LogP contribution in [0.15, 0.2) is 108 Å². The minimum atomic E-state index is -4.00. The Morgan fingerprint density at radius 2 is 1.50 bits per heavy atom. The number of benzene rings is 4. The molecule has 1 amide bonds. The standard InChI is InChI=1S/C28H25ClN2O4S/c1-21-9-5-6-10-22(21)19-31(36(33,34)25-17-15-23(29)16-18-25)20-28(32)30-26-13-7-8-14-27(26)35-24-11-3-2-4-12-24/h2-18H,19-20H2,1H3,(H,30,32). The van der Waals surface area contributed by atoms with Gasteiger partial charge in [-0.25, -0.2) is 8.42 Å². The average Bonchev–Trinajstić information content (AvgIpc) is 2.87. The third-order valence-corrected chi connectivity index (χ3v) is 7.57. The summed E-state index contributed by atoms with van der Waals surface area (Å²) in [6.07, 6.45) is 0. The quantitative estimate of drug-likeness (QED) is 0.282. The number of amides is 1. The molecule has 0 heterocycles. The lowest BCUT2D eigenvalue weighted by Gasteiger charge is -2.23. The Labute approximate surface area is 216 Å². The van der Waals surface area contributed by atoms with Gasteiger partial charge in [0.1, 0.15) is 5.75 Å². The molecular formula is C28H25ClN2O4S. The van der Waals surface area contributed by atoms with Crippen LogP contribution in [-0.4, -0.2) is 25.2 Å². The van der Waals surface area contributed by atoms with E-state index in [4.69, 9.17) is 16.3 Å². The first-order chi connectivity index (χ1) is 17.3. The fourth-order valence-corrected chi connectivity index (χ4v) is 5.08. The first-order valence-electron chi connectivity index (χ1n) is 11.2. The van der Waals surface area contributed by atoms with E-state index in [2.05, 4.69) is 5.32 Å². The zero-order chi connectivity index (χ0) is 25.5. The smallest absolute Gasteiger partial charge is 0.243 e. The lowest BCUT2D eigenvalue weighted by molar-refractivity contribution is -0.116. The number of aryl methyl sites for hydroxylation is 1. The summed E-state index contributed by atoms with van der Waals surface area (Å²) >= 11 is 5.95. The highest BCUT2D eigenvalue weighted by molar-refractivity contribution is 7.89. The maximum absolute atomic E-state index is 13.5. The maximum Gasteiger partial charge on any atom is 0.243 e. The molecule has 0 aliphatic heterocycles. The molecule has 36 heavy (non-hydrogen) atoms. The van der Waals surface area contributed by atoms with Gasteiger partial charge in [0.2, 0.25) is 15.9 Å². The predicted molar refractivity (Wildman–Crippen MR) is 142 cm³/mol. The molecule has 0 bridgehead atoms. The number of hydrogen-bond donors (Lipinski definition) is 1. The van der Waals surface area contributed by atoms with E-state index < -0.39 is 15.9 Å². The zero-order valence-electron chi connectivity index (χ0n) is 19.6. The van der Waals surface area contributed by atoms with E-state index in [0.29, 0.717) is 22.2 Å². The molecule has 0 saturated heterocycles. The van der Waals surface area contributed by atoms with Crippen LogP contribution in [0.5, 0.6) is 11.5 Å². The summed E-state index contributed by atoms with van der Waals surface area (Å²) in [6, 6.07) is 29.6. The van der Waals surface area contributed by atoms with Gasteiger partial charge in [-0.1, -0.05) is 66.2 Å². The molecule has 6 nitrogen and oxygen atoms in total. The Balaban J connectivity index is 1.59. The number of halogens is 1. The van der Waals surface area contributed by atoms with E-state index in [1.54, 1.807) is 36.4 Å². The van der Waals surface area contributed by atoms with Crippen LogP contribution in [0.4, 0.5) is 5.69 Å². The Bertz CT molecular complexity index is 1440.